The predicted molar refractivity (Wildman–Crippen MR) is 87.7 cm³/mol. The Kier molecular flexibility index (Phi) is 6.12. The average molecular weight is 369 g/mol. The largest absolute Gasteiger partial charge is 0.383 e. The molecule has 1 amide bonds. The highest BCUT2D eigenvalue weighted by molar-refractivity contribution is 6.08. The van der Waals surface area contributed by atoms with E-state index in [9.17, 15) is 28.1 Å². The molecule has 0 bridgehead atoms. The van der Waals surface area contributed by atoms with Crippen LogP contribution in [0.4, 0.5) is 30.2 Å². The first kappa shape index (κ1) is 19.2. The van der Waals surface area contributed by atoms with E-state index < -0.39 is 34.0 Å². The highest BCUT2D eigenvalue weighted by Gasteiger charge is 2.20. The summed E-state index contributed by atoms with van der Waals surface area (Å²) in [6, 6.07) is 4.98. The van der Waals surface area contributed by atoms with Crippen LogP contribution in [-0.2, 0) is 4.74 Å². The van der Waals surface area contributed by atoms with Crippen LogP contribution >= 0.6 is 0 Å². The minimum Gasteiger partial charge on any atom is -0.383 e. The lowest BCUT2D eigenvalue weighted by Gasteiger charge is -2.13. The number of nitro groups is 1. The van der Waals surface area contributed by atoms with Gasteiger partial charge in [0.15, 0.2) is 17.5 Å². The maximum atomic E-state index is 13.7. The molecule has 2 aromatic rings. The lowest BCUT2D eigenvalue weighted by molar-refractivity contribution is -0.384. The minimum atomic E-state index is -1.74. The van der Waals surface area contributed by atoms with Crippen LogP contribution in [0.5, 0.6) is 0 Å². The second-order valence-corrected chi connectivity index (χ2v) is 5.08. The van der Waals surface area contributed by atoms with Gasteiger partial charge in [-0.3, -0.25) is 14.9 Å². The number of hydrogen-bond acceptors (Lipinski definition) is 5. The molecule has 138 valence electrons. The minimum absolute atomic E-state index is 0.167. The van der Waals surface area contributed by atoms with Gasteiger partial charge in [-0.1, -0.05) is 0 Å². The third-order valence-corrected chi connectivity index (χ3v) is 3.36. The van der Waals surface area contributed by atoms with Crippen molar-refractivity contribution in [1.29, 1.82) is 0 Å². The molecule has 0 saturated heterocycles. The number of carbonyl (C=O) groups excluding carboxylic acids is 1. The summed E-state index contributed by atoms with van der Waals surface area (Å²) in [6.45, 7) is 0.601. The zero-order valence-electron chi connectivity index (χ0n) is 13.5. The summed E-state index contributed by atoms with van der Waals surface area (Å²) in [5, 5.41) is 15.8. The predicted octanol–water partition coefficient (Wildman–Crippen LogP) is 3.32. The number of anilines is 2. The van der Waals surface area contributed by atoms with Gasteiger partial charge in [0.05, 0.1) is 22.8 Å². The number of hydrogen-bond donors (Lipinski definition) is 2. The first-order valence-electron chi connectivity index (χ1n) is 7.31. The molecule has 2 aromatic carbocycles. The maximum absolute atomic E-state index is 13.7. The third-order valence-electron chi connectivity index (χ3n) is 3.36. The van der Waals surface area contributed by atoms with E-state index in [2.05, 4.69) is 10.6 Å². The van der Waals surface area contributed by atoms with Gasteiger partial charge in [-0.15, -0.1) is 0 Å². The summed E-state index contributed by atoms with van der Waals surface area (Å²) >= 11 is 0. The van der Waals surface area contributed by atoms with Gasteiger partial charge in [-0.25, -0.2) is 13.2 Å². The van der Waals surface area contributed by atoms with Crippen molar-refractivity contribution < 1.29 is 27.6 Å². The Bertz CT molecular complexity index is 846. The van der Waals surface area contributed by atoms with Crippen molar-refractivity contribution >= 4 is 23.0 Å². The van der Waals surface area contributed by atoms with Crippen LogP contribution < -0.4 is 10.6 Å². The molecule has 0 atom stereocenters. The van der Waals surface area contributed by atoms with Gasteiger partial charge in [0, 0.05) is 31.5 Å². The van der Waals surface area contributed by atoms with Crippen molar-refractivity contribution in [2.24, 2.45) is 0 Å². The van der Waals surface area contributed by atoms with Gasteiger partial charge in [-0.2, -0.15) is 0 Å². The highest BCUT2D eigenvalue weighted by atomic mass is 19.2. The Morgan fingerprint density at radius 3 is 2.50 bits per heavy atom. The quantitative estimate of drug-likeness (QED) is 0.338. The smallest absolute Gasteiger partial charge is 0.270 e. The van der Waals surface area contributed by atoms with Crippen LogP contribution in [0.15, 0.2) is 30.3 Å². The van der Waals surface area contributed by atoms with Crippen molar-refractivity contribution in [3.8, 4) is 0 Å². The van der Waals surface area contributed by atoms with Crippen LogP contribution in [0.2, 0.25) is 0 Å². The Balaban J connectivity index is 2.34. The van der Waals surface area contributed by atoms with E-state index in [1.54, 1.807) is 0 Å². The average Bonchev–Trinajstić information content (AvgIpc) is 2.62. The number of carbonyl (C=O) groups is 1. The Hall–Kier alpha value is -3.14. The van der Waals surface area contributed by atoms with Crippen LogP contribution in [0.25, 0.3) is 0 Å². The van der Waals surface area contributed by atoms with E-state index in [0.717, 1.165) is 12.1 Å². The summed E-state index contributed by atoms with van der Waals surface area (Å²) in [7, 11) is 1.47. The van der Waals surface area contributed by atoms with Crippen molar-refractivity contribution in [3.63, 3.8) is 0 Å². The van der Waals surface area contributed by atoms with Gasteiger partial charge in [0.1, 0.15) is 0 Å². The van der Waals surface area contributed by atoms with Crippen molar-refractivity contribution in [1.82, 2.24) is 0 Å². The van der Waals surface area contributed by atoms with Crippen LogP contribution in [0, 0.1) is 27.6 Å². The van der Waals surface area contributed by atoms with Gasteiger partial charge < -0.3 is 15.4 Å². The fraction of sp³-hybridized carbons (Fsp3) is 0.188. The molecule has 2 N–H and O–H groups in total. The standard InChI is InChI=1S/C16H14F3N3O4/c1-26-7-6-20-12-4-2-9(22(24)25)8-10(12)16(23)21-13-5-3-11(17)14(18)15(13)19/h2-5,8,20H,6-7H2,1H3,(H,21,23). The SMILES string of the molecule is COCCNc1ccc([N+](=O)[O-])cc1C(=O)Nc1ccc(F)c(F)c1F. The Morgan fingerprint density at radius 2 is 1.85 bits per heavy atom. The number of halogens is 3. The molecule has 0 aliphatic heterocycles. The third kappa shape index (κ3) is 4.28. The van der Waals surface area contributed by atoms with E-state index in [-0.39, 0.29) is 16.9 Å². The lowest BCUT2D eigenvalue weighted by atomic mass is 10.1. The molecular weight excluding hydrogens is 355 g/mol. The lowest BCUT2D eigenvalue weighted by Crippen LogP contribution is -2.18. The molecule has 0 aliphatic rings. The molecule has 2 rings (SSSR count). The summed E-state index contributed by atoms with van der Waals surface area (Å²) in [5.74, 6) is -5.64. The topological polar surface area (TPSA) is 93.5 Å². The molecule has 0 unspecified atom stereocenters. The Morgan fingerprint density at radius 1 is 1.15 bits per heavy atom. The van der Waals surface area contributed by atoms with E-state index in [0.29, 0.717) is 19.2 Å². The summed E-state index contributed by atoms with van der Waals surface area (Å²) in [6.07, 6.45) is 0. The number of nitrogens with one attached hydrogen (secondary N) is 2. The van der Waals surface area contributed by atoms with Crippen LogP contribution in [-0.4, -0.2) is 31.1 Å². The number of rotatable bonds is 7. The van der Waals surface area contributed by atoms with E-state index in [1.807, 2.05) is 0 Å². The fourth-order valence-corrected chi connectivity index (χ4v) is 2.09. The number of non-ortho nitro benzene ring substituents is 1. The monoisotopic (exact) mass is 369 g/mol. The number of amides is 1. The summed E-state index contributed by atoms with van der Waals surface area (Å²) in [4.78, 5) is 22.6. The van der Waals surface area contributed by atoms with Crippen molar-refractivity contribution in [3.05, 3.63) is 63.5 Å². The fourth-order valence-electron chi connectivity index (χ4n) is 2.09. The van der Waals surface area contributed by atoms with E-state index in [4.69, 9.17) is 4.74 Å². The molecule has 0 spiro atoms. The molecule has 7 nitrogen and oxygen atoms in total. The highest BCUT2D eigenvalue weighted by Crippen LogP contribution is 2.25. The zero-order chi connectivity index (χ0) is 19.3. The molecule has 0 fully saturated rings. The molecular formula is C16H14F3N3O4. The molecule has 0 heterocycles. The molecule has 0 aliphatic carbocycles. The molecule has 0 saturated carbocycles. The van der Waals surface area contributed by atoms with Crippen molar-refractivity contribution in [2.45, 2.75) is 0 Å². The van der Waals surface area contributed by atoms with Gasteiger partial charge in [0.2, 0.25) is 0 Å². The number of nitrogens with zero attached hydrogens (tertiary/aromatic N) is 1. The normalized spacial score (nSPS) is 10.5. The molecule has 0 radical (unpaired) electrons. The van der Waals surface area contributed by atoms with E-state index >= 15 is 0 Å². The van der Waals surface area contributed by atoms with E-state index in [1.165, 1.54) is 19.2 Å². The summed E-state index contributed by atoms with van der Waals surface area (Å²) in [5.41, 5.74) is -0.894. The number of ether oxygens (including phenoxy) is 1. The second-order valence-electron chi connectivity index (χ2n) is 5.08. The van der Waals surface area contributed by atoms with Gasteiger partial charge in [0.25, 0.3) is 11.6 Å². The maximum Gasteiger partial charge on any atom is 0.270 e. The van der Waals surface area contributed by atoms with Gasteiger partial charge >= 0.3 is 0 Å². The van der Waals surface area contributed by atoms with Gasteiger partial charge in [-0.05, 0) is 18.2 Å². The number of nitro benzene ring substituents is 1. The van der Waals surface area contributed by atoms with Crippen LogP contribution in [0.3, 0.4) is 0 Å². The molecule has 0 aromatic heterocycles. The van der Waals surface area contributed by atoms with Crippen molar-refractivity contribution in [2.75, 3.05) is 30.9 Å². The molecule has 10 heteroatoms. The summed E-state index contributed by atoms with van der Waals surface area (Å²) < 4.78 is 44.8. The number of benzene rings is 2. The first-order chi connectivity index (χ1) is 12.3. The molecule has 26 heavy (non-hydrogen) atoms. The second kappa shape index (κ2) is 8.30. The Labute approximate surface area is 145 Å². The van der Waals surface area contributed by atoms with Crippen LogP contribution in [0.1, 0.15) is 10.4 Å². The zero-order valence-corrected chi connectivity index (χ0v) is 13.5. The number of methoxy groups -OCH3 is 1. The first-order valence-corrected chi connectivity index (χ1v) is 7.31.